The quantitative estimate of drug-likeness (QED) is 0.603. The van der Waals surface area contributed by atoms with E-state index >= 15 is 0 Å². The number of aromatic nitrogens is 2. The molecule has 0 radical (unpaired) electrons. The van der Waals surface area contributed by atoms with E-state index in [0.717, 1.165) is 18.8 Å². The van der Waals surface area contributed by atoms with Crippen molar-refractivity contribution in [3.63, 3.8) is 0 Å². The van der Waals surface area contributed by atoms with Crippen LogP contribution in [0.1, 0.15) is 13.3 Å². The molecular formula is C10H18N4S2. The van der Waals surface area contributed by atoms with Gasteiger partial charge in [0, 0.05) is 17.9 Å². The molecule has 16 heavy (non-hydrogen) atoms. The van der Waals surface area contributed by atoms with Crippen molar-refractivity contribution in [1.82, 2.24) is 9.97 Å². The van der Waals surface area contributed by atoms with Gasteiger partial charge in [0.2, 0.25) is 0 Å². The van der Waals surface area contributed by atoms with Gasteiger partial charge in [0.25, 0.3) is 0 Å². The van der Waals surface area contributed by atoms with Crippen molar-refractivity contribution < 1.29 is 0 Å². The number of anilines is 2. The number of nitrogen functional groups attached to an aromatic ring is 1. The van der Waals surface area contributed by atoms with Crippen molar-refractivity contribution in [2.75, 3.05) is 30.1 Å². The van der Waals surface area contributed by atoms with E-state index in [2.05, 4.69) is 28.5 Å². The van der Waals surface area contributed by atoms with Gasteiger partial charge in [-0.15, -0.1) is 0 Å². The molecule has 0 aliphatic carbocycles. The minimum Gasteiger partial charge on any atom is -0.383 e. The monoisotopic (exact) mass is 258 g/mol. The van der Waals surface area contributed by atoms with E-state index in [4.69, 9.17) is 5.73 Å². The fourth-order valence-electron chi connectivity index (χ4n) is 1.15. The van der Waals surface area contributed by atoms with E-state index in [-0.39, 0.29) is 0 Å². The van der Waals surface area contributed by atoms with Gasteiger partial charge in [0.1, 0.15) is 11.6 Å². The molecule has 1 atom stereocenters. The first kappa shape index (κ1) is 13.4. The van der Waals surface area contributed by atoms with Crippen LogP contribution in [-0.4, -0.2) is 34.3 Å². The summed E-state index contributed by atoms with van der Waals surface area (Å²) in [5.41, 5.74) is 5.68. The summed E-state index contributed by atoms with van der Waals surface area (Å²) in [5, 5.41) is 4.64. The van der Waals surface area contributed by atoms with Gasteiger partial charge in [0.15, 0.2) is 5.16 Å². The van der Waals surface area contributed by atoms with Gasteiger partial charge >= 0.3 is 0 Å². The van der Waals surface area contributed by atoms with E-state index in [0.29, 0.717) is 16.2 Å². The Bertz CT molecular complexity index is 333. The van der Waals surface area contributed by atoms with Gasteiger partial charge in [-0.05, 0) is 18.9 Å². The number of hydrogen-bond donors (Lipinski definition) is 2. The maximum Gasteiger partial charge on any atom is 0.191 e. The molecule has 0 aliphatic heterocycles. The van der Waals surface area contributed by atoms with Crippen molar-refractivity contribution in [2.45, 2.75) is 23.8 Å². The molecule has 0 bridgehead atoms. The molecule has 6 heteroatoms. The summed E-state index contributed by atoms with van der Waals surface area (Å²) < 4.78 is 0. The molecular weight excluding hydrogens is 240 g/mol. The summed E-state index contributed by atoms with van der Waals surface area (Å²) in [6, 6.07) is 1.77. The number of hydrogen-bond acceptors (Lipinski definition) is 6. The summed E-state index contributed by atoms with van der Waals surface area (Å²) >= 11 is 3.36. The normalized spacial score (nSPS) is 12.4. The summed E-state index contributed by atoms with van der Waals surface area (Å²) in [4.78, 5) is 8.43. The Morgan fingerprint density at radius 1 is 1.44 bits per heavy atom. The smallest absolute Gasteiger partial charge is 0.191 e. The van der Waals surface area contributed by atoms with Crippen LogP contribution in [0.2, 0.25) is 0 Å². The molecule has 0 spiro atoms. The van der Waals surface area contributed by atoms with Crippen LogP contribution < -0.4 is 11.1 Å². The lowest BCUT2D eigenvalue weighted by Gasteiger charge is -2.10. The van der Waals surface area contributed by atoms with Crippen LogP contribution in [0.5, 0.6) is 0 Å². The first-order valence-electron chi connectivity index (χ1n) is 5.11. The van der Waals surface area contributed by atoms with Crippen molar-refractivity contribution in [1.29, 1.82) is 0 Å². The average Bonchev–Trinajstić information content (AvgIpc) is 2.28. The highest BCUT2D eigenvalue weighted by Gasteiger charge is 2.02. The number of rotatable bonds is 6. The first-order chi connectivity index (χ1) is 7.65. The summed E-state index contributed by atoms with van der Waals surface area (Å²) in [6.45, 7) is 3.13. The van der Waals surface area contributed by atoms with E-state index in [1.807, 2.05) is 18.0 Å². The number of nitrogens with two attached hydrogens (primary N) is 1. The molecule has 0 saturated carbocycles. The van der Waals surface area contributed by atoms with Crippen molar-refractivity contribution in [2.24, 2.45) is 0 Å². The van der Waals surface area contributed by atoms with Crippen LogP contribution in [0.3, 0.4) is 0 Å². The second-order valence-electron chi connectivity index (χ2n) is 3.43. The number of thioether (sulfide) groups is 2. The molecule has 0 saturated heterocycles. The summed E-state index contributed by atoms with van der Waals surface area (Å²) in [6.07, 6.45) is 5.17. The Kier molecular flexibility index (Phi) is 5.76. The largest absolute Gasteiger partial charge is 0.383 e. The zero-order valence-corrected chi connectivity index (χ0v) is 11.5. The van der Waals surface area contributed by atoms with Crippen LogP contribution in [0.4, 0.5) is 11.6 Å². The fourth-order valence-corrected chi connectivity index (χ4v) is 1.89. The molecule has 0 amide bonds. The average molecular weight is 258 g/mol. The Morgan fingerprint density at radius 3 is 2.81 bits per heavy atom. The highest BCUT2D eigenvalue weighted by molar-refractivity contribution is 7.99. The topological polar surface area (TPSA) is 63.8 Å². The standard InChI is InChI=1S/C10H18N4S2/c1-7(15-2)4-5-12-9-6-8(11)13-10(14-9)16-3/h6-7H,4-5H2,1-3H3,(H3,11,12,13,14). The van der Waals surface area contributed by atoms with E-state index in [1.54, 1.807) is 6.07 Å². The minimum absolute atomic E-state index is 0.514. The summed E-state index contributed by atoms with van der Waals surface area (Å²) in [7, 11) is 0. The van der Waals surface area contributed by atoms with E-state index in [1.165, 1.54) is 11.8 Å². The molecule has 1 aromatic heterocycles. The summed E-state index contributed by atoms with van der Waals surface area (Å²) in [5.74, 6) is 1.32. The SMILES string of the molecule is CSc1nc(N)cc(NCCC(C)SC)n1. The Balaban J connectivity index is 2.50. The second kappa shape index (κ2) is 6.85. The minimum atomic E-state index is 0.514. The number of nitrogens with zero attached hydrogens (tertiary/aromatic N) is 2. The lowest BCUT2D eigenvalue weighted by molar-refractivity contribution is 0.844. The number of nitrogens with one attached hydrogen (secondary N) is 1. The second-order valence-corrected chi connectivity index (χ2v) is 5.48. The Morgan fingerprint density at radius 2 is 2.19 bits per heavy atom. The Hall–Kier alpha value is -0.620. The van der Waals surface area contributed by atoms with Crippen molar-refractivity contribution >= 4 is 35.2 Å². The molecule has 0 aromatic carbocycles. The highest BCUT2D eigenvalue weighted by Crippen LogP contribution is 2.16. The molecule has 0 fully saturated rings. The predicted octanol–water partition coefficient (Wildman–Crippen LogP) is 2.33. The molecule has 1 aromatic rings. The van der Waals surface area contributed by atoms with Gasteiger partial charge < -0.3 is 11.1 Å². The molecule has 90 valence electrons. The van der Waals surface area contributed by atoms with E-state index < -0.39 is 0 Å². The zero-order valence-electron chi connectivity index (χ0n) is 9.86. The first-order valence-corrected chi connectivity index (χ1v) is 7.62. The van der Waals surface area contributed by atoms with Crippen LogP contribution in [0, 0.1) is 0 Å². The van der Waals surface area contributed by atoms with Gasteiger partial charge in [-0.2, -0.15) is 11.8 Å². The third-order valence-corrected chi connectivity index (χ3v) is 3.76. The van der Waals surface area contributed by atoms with Crippen LogP contribution >= 0.6 is 23.5 Å². The molecule has 1 heterocycles. The van der Waals surface area contributed by atoms with Gasteiger partial charge in [-0.3, -0.25) is 0 Å². The maximum absolute atomic E-state index is 5.68. The molecule has 4 nitrogen and oxygen atoms in total. The van der Waals surface area contributed by atoms with Crippen LogP contribution in [-0.2, 0) is 0 Å². The third-order valence-electron chi connectivity index (χ3n) is 2.17. The van der Waals surface area contributed by atoms with Crippen molar-refractivity contribution in [3.8, 4) is 0 Å². The molecule has 1 unspecified atom stereocenters. The molecule has 0 aliphatic rings. The maximum atomic E-state index is 5.68. The fraction of sp³-hybridized carbons (Fsp3) is 0.600. The predicted molar refractivity (Wildman–Crippen MR) is 74.3 cm³/mol. The van der Waals surface area contributed by atoms with E-state index in [9.17, 15) is 0 Å². The Labute approximate surface area is 105 Å². The third kappa shape index (κ3) is 4.49. The van der Waals surface area contributed by atoms with Gasteiger partial charge in [-0.1, -0.05) is 18.7 Å². The van der Waals surface area contributed by atoms with Gasteiger partial charge in [0.05, 0.1) is 0 Å². The molecule has 1 rings (SSSR count). The van der Waals surface area contributed by atoms with Crippen molar-refractivity contribution in [3.05, 3.63) is 6.07 Å². The lowest BCUT2D eigenvalue weighted by Crippen LogP contribution is -2.09. The lowest BCUT2D eigenvalue weighted by atomic mass is 10.3. The highest BCUT2D eigenvalue weighted by atomic mass is 32.2. The van der Waals surface area contributed by atoms with Gasteiger partial charge in [-0.25, -0.2) is 9.97 Å². The van der Waals surface area contributed by atoms with Crippen LogP contribution in [0.15, 0.2) is 11.2 Å². The molecule has 3 N–H and O–H groups in total. The van der Waals surface area contributed by atoms with Crippen LogP contribution in [0.25, 0.3) is 0 Å². The zero-order chi connectivity index (χ0) is 12.0.